The number of anilines is 1. The van der Waals surface area contributed by atoms with Gasteiger partial charge in [-0.3, -0.25) is 0 Å². The maximum absolute atomic E-state index is 13.8. The van der Waals surface area contributed by atoms with Crippen LogP contribution in [0.3, 0.4) is 0 Å². The van der Waals surface area contributed by atoms with Gasteiger partial charge in [0.15, 0.2) is 11.6 Å². The first-order valence-corrected chi connectivity index (χ1v) is 6.11. The van der Waals surface area contributed by atoms with Gasteiger partial charge in [0.2, 0.25) is 0 Å². The molecule has 19 heavy (non-hydrogen) atoms. The second kappa shape index (κ2) is 4.61. The minimum Gasteiger partial charge on any atom is -0.384 e. The van der Waals surface area contributed by atoms with Crippen molar-refractivity contribution < 1.29 is 13.2 Å². The molecule has 1 atom stereocenters. The summed E-state index contributed by atoms with van der Waals surface area (Å²) in [6.45, 7) is 0.513. The lowest BCUT2D eigenvalue weighted by molar-refractivity contribution is 0.483. The Hall–Kier alpha value is -1.97. The van der Waals surface area contributed by atoms with E-state index in [1.165, 1.54) is 0 Å². The van der Waals surface area contributed by atoms with E-state index in [4.69, 9.17) is 0 Å². The number of para-hydroxylation sites is 1. The topological polar surface area (TPSA) is 12.0 Å². The quantitative estimate of drug-likeness (QED) is 0.770. The molecule has 0 amide bonds. The van der Waals surface area contributed by atoms with Crippen molar-refractivity contribution in [3.05, 3.63) is 65.0 Å². The highest BCUT2D eigenvalue weighted by Crippen LogP contribution is 2.32. The number of fused-ring (bicyclic) bond motifs is 1. The van der Waals surface area contributed by atoms with Crippen LogP contribution in [-0.2, 0) is 6.42 Å². The van der Waals surface area contributed by atoms with Crippen molar-refractivity contribution >= 4 is 5.69 Å². The van der Waals surface area contributed by atoms with Gasteiger partial charge >= 0.3 is 0 Å². The Morgan fingerprint density at radius 1 is 0.947 bits per heavy atom. The summed E-state index contributed by atoms with van der Waals surface area (Å²) < 4.78 is 39.9. The predicted octanol–water partition coefficient (Wildman–Crippen LogP) is 3.86. The third kappa shape index (κ3) is 2.18. The molecule has 0 fully saturated rings. The first-order valence-electron chi connectivity index (χ1n) is 6.11. The Labute approximate surface area is 109 Å². The number of nitrogens with one attached hydrogen (secondary N) is 1. The molecule has 4 heteroatoms. The molecular formula is C15H12F3N. The molecule has 1 unspecified atom stereocenters. The molecule has 0 radical (unpaired) electrons. The van der Waals surface area contributed by atoms with Gasteiger partial charge < -0.3 is 5.32 Å². The van der Waals surface area contributed by atoms with Crippen LogP contribution < -0.4 is 5.32 Å². The fraction of sp³-hybridized carbons (Fsp3) is 0.200. The van der Waals surface area contributed by atoms with E-state index < -0.39 is 17.5 Å². The molecule has 0 saturated carbocycles. The Balaban J connectivity index is 1.95. The number of benzene rings is 2. The Kier molecular flexibility index (Phi) is 2.93. The van der Waals surface area contributed by atoms with E-state index >= 15 is 0 Å². The van der Waals surface area contributed by atoms with Crippen LogP contribution in [0, 0.1) is 17.5 Å². The first kappa shape index (κ1) is 12.1. The second-order valence-corrected chi connectivity index (χ2v) is 4.73. The van der Waals surface area contributed by atoms with E-state index in [0.29, 0.717) is 19.0 Å². The number of rotatable bonds is 1. The maximum Gasteiger partial charge on any atom is 0.161 e. The van der Waals surface area contributed by atoms with Crippen LogP contribution in [0.15, 0.2) is 36.4 Å². The van der Waals surface area contributed by atoms with Crippen molar-refractivity contribution in [1.82, 2.24) is 0 Å². The van der Waals surface area contributed by atoms with Crippen LogP contribution >= 0.6 is 0 Å². The summed E-state index contributed by atoms with van der Waals surface area (Å²) in [7, 11) is 0. The minimum absolute atomic E-state index is 0.190. The van der Waals surface area contributed by atoms with E-state index in [9.17, 15) is 13.2 Å². The smallest absolute Gasteiger partial charge is 0.161 e. The number of halogens is 3. The molecule has 2 aromatic rings. The normalized spacial score (nSPS) is 17.7. The molecule has 1 nitrogen and oxygen atoms in total. The molecule has 0 spiro atoms. The molecule has 2 aromatic carbocycles. The van der Waals surface area contributed by atoms with Gasteiger partial charge in [0.25, 0.3) is 0 Å². The minimum atomic E-state index is -1.15. The predicted molar refractivity (Wildman–Crippen MR) is 67.7 cm³/mol. The van der Waals surface area contributed by atoms with E-state index in [-0.39, 0.29) is 11.5 Å². The first-order chi connectivity index (χ1) is 9.15. The van der Waals surface area contributed by atoms with Crippen molar-refractivity contribution in [3.8, 4) is 0 Å². The summed E-state index contributed by atoms with van der Waals surface area (Å²) in [4.78, 5) is 0. The van der Waals surface area contributed by atoms with Crippen LogP contribution in [-0.4, -0.2) is 6.54 Å². The standard InChI is InChI=1S/C15H12F3N/c16-12-7-14(18)13(17)6-11(12)10-5-9-3-1-2-4-15(9)19-8-10/h1-4,6-7,10,19H,5,8H2. The number of hydrogen-bond donors (Lipinski definition) is 1. The van der Waals surface area contributed by atoms with Gasteiger partial charge in [0, 0.05) is 24.2 Å². The molecule has 0 saturated heterocycles. The Bertz CT molecular complexity index is 625. The van der Waals surface area contributed by atoms with Crippen LogP contribution in [0.2, 0.25) is 0 Å². The van der Waals surface area contributed by atoms with Crippen LogP contribution in [0.4, 0.5) is 18.9 Å². The highest BCUT2D eigenvalue weighted by molar-refractivity contribution is 5.54. The van der Waals surface area contributed by atoms with Crippen molar-refractivity contribution in [2.45, 2.75) is 12.3 Å². The van der Waals surface area contributed by atoms with E-state index in [2.05, 4.69) is 5.32 Å². The van der Waals surface area contributed by atoms with Crippen molar-refractivity contribution in [3.63, 3.8) is 0 Å². The molecular weight excluding hydrogens is 251 g/mol. The fourth-order valence-corrected chi connectivity index (χ4v) is 2.51. The lowest BCUT2D eigenvalue weighted by Crippen LogP contribution is -2.22. The van der Waals surface area contributed by atoms with E-state index in [0.717, 1.165) is 17.3 Å². The van der Waals surface area contributed by atoms with Gasteiger partial charge in [-0.25, -0.2) is 13.2 Å². The molecule has 1 heterocycles. The molecule has 1 aliphatic heterocycles. The van der Waals surface area contributed by atoms with E-state index in [1.54, 1.807) is 0 Å². The molecule has 98 valence electrons. The van der Waals surface area contributed by atoms with Gasteiger partial charge in [0.05, 0.1) is 0 Å². The average molecular weight is 263 g/mol. The Morgan fingerprint density at radius 2 is 1.68 bits per heavy atom. The summed E-state index contributed by atoms with van der Waals surface area (Å²) in [5.74, 6) is -3.03. The molecule has 1 N–H and O–H groups in total. The zero-order valence-electron chi connectivity index (χ0n) is 10.1. The van der Waals surface area contributed by atoms with Gasteiger partial charge in [-0.15, -0.1) is 0 Å². The molecule has 0 aliphatic carbocycles. The lowest BCUT2D eigenvalue weighted by Gasteiger charge is -2.26. The lowest BCUT2D eigenvalue weighted by atomic mass is 9.88. The monoisotopic (exact) mass is 263 g/mol. The highest BCUT2D eigenvalue weighted by Gasteiger charge is 2.23. The fourth-order valence-electron chi connectivity index (χ4n) is 2.51. The molecule has 1 aliphatic rings. The molecule has 0 bridgehead atoms. The summed E-state index contributed by atoms with van der Waals surface area (Å²) in [6, 6.07) is 9.31. The van der Waals surface area contributed by atoms with Crippen LogP contribution in [0.5, 0.6) is 0 Å². The highest BCUT2D eigenvalue weighted by atomic mass is 19.2. The molecule has 3 rings (SSSR count). The third-order valence-electron chi connectivity index (χ3n) is 3.50. The second-order valence-electron chi connectivity index (χ2n) is 4.73. The summed E-state index contributed by atoms with van der Waals surface area (Å²) >= 11 is 0. The molecule has 0 aromatic heterocycles. The number of hydrogen-bond acceptors (Lipinski definition) is 1. The SMILES string of the molecule is Fc1cc(F)c(C2CNc3ccccc3C2)cc1F. The van der Waals surface area contributed by atoms with Crippen LogP contribution in [0.25, 0.3) is 0 Å². The maximum atomic E-state index is 13.8. The van der Waals surface area contributed by atoms with Gasteiger partial charge in [0.1, 0.15) is 5.82 Å². The zero-order chi connectivity index (χ0) is 13.4. The van der Waals surface area contributed by atoms with Crippen molar-refractivity contribution in [2.24, 2.45) is 0 Å². The van der Waals surface area contributed by atoms with Crippen molar-refractivity contribution in [1.29, 1.82) is 0 Å². The zero-order valence-corrected chi connectivity index (χ0v) is 10.1. The summed E-state index contributed by atoms with van der Waals surface area (Å²) in [6.07, 6.45) is 0.616. The largest absolute Gasteiger partial charge is 0.384 e. The summed E-state index contributed by atoms with van der Waals surface area (Å²) in [5, 5.41) is 3.19. The van der Waals surface area contributed by atoms with Gasteiger partial charge in [-0.2, -0.15) is 0 Å². The van der Waals surface area contributed by atoms with Crippen molar-refractivity contribution in [2.75, 3.05) is 11.9 Å². The average Bonchev–Trinajstić information content (AvgIpc) is 2.42. The van der Waals surface area contributed by atoms with Gasteiger partial charge in [-0.05, 0) is 29.7 Å². The van der Waals surface area contributed by atoms with E-state index in [1.807, 2.05) is 24.3 Å². The third-order valence-corrected chi connectivity index (χ3v) is 3.50. The van der Waals surface area contributed by atoms with Gasteiger partial charge in [-0.1, -0.05) is 18.2 Å². The summed E-state index contributed by atoms with van der Waals surface area (Å²) in [5.41, 5.74) is 2.30. The van der Waals surface area contributed by atoms with Crippen LogP contribution in [0.1, 0.15) is 17.0 Å². The Morgan fingerprint density at radius 3 is 2.53 bits per heavy atom.